The summed E-state index contributed by atoms with van der Waals surface area (Å²) in [5, 5.41) is 0. The van der Waals surface area contributed by atoms with Crippen LogP contribution in [0.4, 0.5) is 0 Å². The van der Waals surface area contributed by atoms with Crippen molar-refractivity contribution in [3.05, 3.63) is 0 Å². The lowest BCUT2D eigenvalue weighted by atomic mass is 9.89. The predicted molar refractivity (Wildman–Crippen MR) is 53.5 cm³/mol. The molecular weight excluding hydrogens is 164 g/mol. The van der Waals surface area contributed by atoms with Crippen LogP contribution in [0.15, 0.2) is 0 Å². The van der Waals surface area contributed by atoms with E-state index in [4.69, 9.17) is 9.47 Å². The van der Waals surface area contributed by atoms with E-state index in [-0.39, 0.29) is 11.7 Å². The number of ether oxygens (including phenoxy) is 2. The van der Waals surface area contributed by atoms with Crippen LogP contribution >= 0.6 is 0 Å². The molecule has 1 aliphatic heterocycles. The van der Waals surface area contributed by atoms with E-state index in [0.717, 1.165) is 26.1 Å². The van der Waals surface area contributed by atoms with Crippen molar-refractivity contribution in [1.29, 1.82) is 0 Å². The average molecular weight is 186 g/mol. The van der Waals surface area contributed by atoms with E-state index in [1.165, 1.54) is 0 Å². The van der Waals surface area contributed by atoms with Gasteiger partial charge in [0, 0.05) is 11.3 Å². The van der Waals surface area contributed by atoms with Gasteiger partial charge in [0.25, 0.3) is 0 Å². The van der Waals surface area contributed by atoms with Crippen molar-refractivity contribution in [2.24, 2.45) is 11.3 Å². The molecule has 1 fully saturated rings. The summed E-state index contributed by atoms with van der Waals surface area (Å²) in [5.41, 5.74) is 0.151. The first kappa shape index (κ1) is 11.0. The molecule has 0 aromatic carbocycles. The van der Waals surface area contributed by atoms with E-state index in [1.807, 2.05) is 0 Å². The van der Waals surface area contributed by atoms with Gasteiger partial charge >= 0.3 is 0 Å². The molecule has 0 unspecified atom stereocenters. The number of hydrogen-bond donors (Lipinski definition) is 0. The lowest BCUT2D eigenvalue weighted by molar-refractivity contribution is -0.246. The molecule has 0 aliphatic carbocycles. The standard InChI is InChI=1S/C11H22O2/c1-5-9-7-12-10(13-8-9)11(3,4)6-2/h9-10H,5-8H2,1-4H3. The SMILES string of the molecule is CCC1COC(C(C)(C)CC)OC1. The average Bonchev–Trinajstić information content (AvgIpc) is 2.18. The van der Waals surface area contributed by atoms with Gasteiger partial charge in [-0.05, 0) is 12.8 Å². The molecule has 0 aromatic rings. The highest BCUT2D eigenvalue weighted by molar-refractivity contribution is 4.74. The van der Waals surface area contributed by atoms with Crippen molar-refractivity contribution in [3.8, 4) is 0 Å². The Balaban J connectivity index is 2.40. The Hall–Kier alpha value is -0.0800. The maximum atomic E-state index is 5.71. The molecule has 0 aromatic heterocycles. The second kappa shape index (κ2) is 4.43. The summed E-state index contributed by atoms with van der Waals surface area (Å²) in [5.74, 6) is 0.601. The van der Waals surface area contributed by atoms with E-state index in [0.29, 0.717) is 5.92 Å². The molecule has 1 rings (SSSR count). The predicted octanol–water partition coefficient (Wildman–Crippen LogP) is 2.82. The van der Waals surface area contributed by atoms with Crippen LogP contribution in [-0.2, 0) is 9.47 Å². The van der Waals surface area contributed by atoms with E-state index in [2.05, 4.69) is 27.7 Å². The summed E-state index contributed by atoms with van der Waals surface area (Å²) in [6, 6.07) is 0. The molecule has 1 heterocycles. The fourth-order valence-corrected chi connectivity index (χ4v) is 1.40. The molecule has 0 saturated carbocycles. The van der Waals surface area contributed by atoms with Crippen molar-refractivity contribution < 1.29 is 9.47 Å². The van der Waals surface area contributed by atoms with Crippen LogP contribution in [0.1, 0.15) is 40.5 Å². The number of rotatable bonds is 3. The summed E-state index contributed by atoms with van der Waals surface area (Å²) < 4.78 is 11.4. The molecule has 78 valence electrons. The molecule has 1 aliphatic rings. The molecule has 0 bridgehead atoms. The lowest BCUT2D eigenvalue weighted by Gasteiger charge is -2.38. The van der Waals surface area contributed by atoms with Gasteiger partial charge in [-0.3, -0.25) is 0 Å². The third kappa shape index (κ3) is 2.68. The van der Waals surface area contributed by atoms with Crippen molar-refractivity contribution in [2.45, 2.75) is 46.8 Å². The largest absolute Gasteiger partial charge is 0.352 e. The first-order valence-electron chi connectivity index (χ1n) is 5.33. The van der Waals surface area contributed by atoms with Gasteiger partial charge in [-0.25, -0.2) is 0 Å². The Morgan fingerprint density at radius 3 is 2.08 bits per heavy atom. The normalized spacial score (nSPS) is 30.5. The van der Waals surface area contributed by atoms with Crippen LogP contribution in [0.2, 0.25) is 0 Å². The highest BCUT2D eigenvalue weighted by Gasteiger charge is 2.33. The van der Waals surface area contributed by atoms with E-state index in [1.54, 1.807) is 0 Å². The minimum Gasteiger partial charge on any atom is -0.352 e. The zero-order valence-electron chi connectivity index (χ0n) is 9.30. The maximum Gasteiger partial charge on any atom is 0.162 e. The first-order chi connectivity index (χ1) is 6.10. The zero-order valence-corrected chi connectivity index (χ0v) is 9.30. The summed E-state index contributed by atoms with van der Waals surface area (Å²) >= 11 is 0. The fourth-order valence-electron chi connectivity index (χ4n) is 1.40. The van der Waals surface area contributed by atoms with Crippen molar-refractivity contribution in [2.75, 3.05) is 13.2 Å². The third-order valence-electron chi connectivity index (χ3n) is 3.09. The molecule has 0 N–H and O–H groups in total. The van der Waals surface area contributed by atoms with Gasteiger partial charge < -0.3 is 9.47 Å². The molecule has 13 heavy (non-hydrogen) atoms. The quantitative estimate of drug-likeness (QED) is 0.674. The summed E-state index contributed by atoms with van der Waals surface area (Å²) in [6.07, 6.45) is 2.24. The summed E-state index contributed by atoms with van der Waals surface area (Å²) in [4.78, 5) is 0. The highest BCUT2D eigenvalue weighted by Crippen LogP contribution is 2.31. The zero-order chi connectivity index (χ0) is 9.90. The molecule has 2 heteroatoms. The fraction of sp³-hybridized carbons (Fsp3) is 1.00. The lowest BCUT2D eigenvalue weighted by Crippen LogP contribution is -2.41. The maximum absolute atomic E-state index is 5.71. The molecule has 0 atom stereocenters. The minimum absolute atomic E-state index is 0.000278. The second-order valence-corrected chi connectivity index (χ2v) is 4.62. The highest BCUT2D eigenvalue weighted by atomic mass is 16.7. The number of hydrogen-bond acceptors (Lipinski definition) is 2. The van der Waals surface area contributed by atoms with Crippen LogP contribution in [0.25, 0.3) is 0 Å². The first-order valence-corrected chi connectivity index (χ1v) is 5.33. The molecule has 0 radical (unpaired) electrons. The second-order valence-electron chi connectivity index (χ2n) is 4.62. The third-order valence-corrected chi connectivity index (χ3v) is 3.09. The molecular formula is C11H22O2. The van der Waals surface area contributed by atoms with Gasteiger partial charge in [-0.15, -0.1) is 0 Å². The van der Waals surface area contributed by atoms with Gasteiger partial charge in [0.1, 0.15) is 0 Å². The monoisotopic (exact) mass is 186 g/mol. The smallest absolute Gasteiger partial charge is 0.162 e. The Morgan fingerprint density at radius 1 is 1.15 bits per heavy atom. The van der Waals surface area contributed by atoms with Crippen LogP contribution in [-0.4, -0.2) is 19.5 Å². The van der Waals surface area contributed by atoms with Crippen molar-refractivity contribution in [1.82, 2.24) is 0 Å². The van der Waals surface area contributed by atoms with E-state index in [9.17, 15) is 0 Å². The van der Waals surface area contributed by atoms with Crippen LogP contribution in [0, 0.1) is 11.3 Å². The molecule has 0 amide bonds. The van der Waals surface area contributed by atoms with Crippen LogP contribution in [0.5, 0.6) is 0 Å². The van der Waals surface area contributed by atoms with Gasteiger partial charge in [0.15, 0.2) is 6.29 Å². The van der Waals surface area contributed by atoms with Gasteiger partial charge in [0.2, 0.25) is 0 Å². The summed E-state index contributed by atoms with van der Waals surface area (Å²) in [7, 11) is 0. The molecule has 0 spiro atoms. The van der Waals surface area contributed by atoms with Crippen molar-refractivity contribution in [3.63, 3.8) is 0 Å². The Morgan fingerprint density at radius 2 is 1.69 bits per heavy atom. The van der Waals surface area contributed by atoms with Gasteiger partial charge in [0.05, 0.1) is 13.2 Å². The van der Waals surface area contributed by atoms with Gasteiger partial charge in [-0.2, -0.15) is 0 Å². The van der Waals surface area contributed by atoms with E-state index < -0.39 is 0 Å². The van der Waals surface area contributed by atoms with Crippen LogP contribution < -0.4 is 0 Å². The molecule has 1 saturated heterocycles. The molecule has 2 nitrogen and oxygen atoms in total. The Bertz CT molecular complexity index is 146. The van der Waals surface area contributed by atoms with E-state index >= 15 is 0 Å². The topological polar surface area (TPSA) is 18.5 Å². The minimum atomic E-state index is 0.000278. The van der Waals surface area contributed by atoms with Crippen molar-refractivity contribution >= 4 is 0 Å². The Labute approximate surface area is 81.6 Å². The Kier molecular flexibility index (Phi) is 3.74. The summed E-state index contributed by atoms with van der Waals surface area (Å²) in [6.45, 7) is 10.5. The van der Waals surface area contributed by atoms with Crippen LogP contribution in [0.3, 0.4) is 0 Å². The van der Waals surface area contributed by atoms with Gasteiger partial charge in [-0.1, -0.05) is 27.7 Å².